The van der Waals surface area contributed by atoms with Gasteiger partial charge < -0.3 is 20.1 Å². The highest BCUT2D eigenvalue weighted by Gasteiger charge is 2.11. The lowest BCUT2D eigenvalue weighted by Crippen LogP contribution is -2.34. The van der Waals surface area contributed by atoms with Crippen LogP contribution in [0.5, 0.6) is 5.75 Å². The van der Waals surface area contributed by atoms with Crippen molar-refractivity contribution in [2.45, 2.75) is 13.2 Å². The molecule has 0 aromatic heterocycles. The van der Waals surface area contributed by atoms with Crippen molar-refractivity contribution in [2.24, 2.45) is 0 Å². The largest absolute Gasteiger partial charge is 0.434 e. The summed E-state index contributed by atoms with van der Waals surface area (Å²) in [5.74, 6) is -0.281. The fourth-order valence-corrected chi connectivity index (χ4v) is 1.72. The van der Waals surface area contributed by atoms with E-state index in [1.807, 2.05) is 0 Å². The molecule has 0 atom stereocenters. The minimum absolute atomic E-state index is 0.0120. The molecule has 21 heavy (non-hydrogen) atoms. The average molecular weight is 323 g/mol. The van der Waals surface area contributed by atoms with Crippen LogP contribution in [0.1, 0.15) is 5.56 Å². The summed E-state index contributed by atoms with van der Waals surface area (Å²) in [7, 11) is 1.56. The lowest BCUT2D eigenvalue weighted by atomic mass is 10.2. The normalized spacial score (nSPS) is 10.7. The van der Waals surface area contributed by atoms with E-state index in [4.69, 9.17) is 16.3 Å². The van der Waals surface area contributed by atoms with Gasteiger partial charge in [-0.15, -0.1) is 0 Å². The minimum Gasteiger partial charge on any atom is -0.434 e. The molecule has 2 N–H and O–H groups in total. The molecular formula is C13H17ClF2N2O3. The second-order valence-corrected chi connectivity index (χ2v) is 4.51. The molecule has 0 fully saturated rings. The van der Waals surface area contributed by atoms with E-state index in [9.17, 15) is 13.6 Å². The minimum atomic E-state index is -2.93. The molecule has 118 valence electrons. The molecule has 1 amide bonds. The summed E-state index contributed by atoms with van der Waals surface area (Å²) in [6.07, 6.45) is 0. The lowest BCUT2D eigenvalue weighted by molar-refractivity contribution is -0.120. The Morgan fingerprint density at radius 3 is 2.86 bits per heavy atom. The standard InChI is InChI=1S/C13H17ClF2N2O3/c1-20-5-4-17-8-12(19)18-7-9-6-10(14)2-3-11(9)21-13(15)16/h2-3,6,13,17H,4-5,7-8H2,1H3,(H,18,19). The quantitative estimate of drug-likeness (QED) is 0.681. The number of alkyl halides is 2. The van der Waals surface area contributed by atoms with E-state index in [-0.39, 0.29) is 24.7 Å². The summed E-state index contributed by atoms with van der Waals surface area (Å²) < 4.78 is 33.7. The first-order valence-corrected chi connectivity index (χ1v) is 6.60. The Balaban J connectivity index is 2.49. The number of benzene rings is 1. The van der Waals surface area contributed by atoms with Crippen molar-refractivity contribution in [1.82, 2.24) is 10.6 Å². The molecule has 0 heterocycles. The second kappa shape index (κ2) is 9.49. The number of carbonyl (C=O) groups is 1. The van der Waals surface area contributed by atoms with Gasteiger partial charge in [0.1, 0.15) is 5.75 Å². The van der Waals surface area contributed by atoms with Crippen molar-refractivity contribution >= 4 is 17.5 Å². The molecule has 0 saturated heterocycles. The van der Waals surface area contributed by atoms with E-state index in [1.165, 1.54) is 18.2 Å². The Kier molecular flexibility index (Phi) is 7.96. The van der Waals surface area contributed by atoms with Gasteiger partial charge in [0.05, 0.1) is 13.2 Å². The van der Waals surface area contributed by atoms with Gasteiger partial charge in [-0.2, -0.15) is 8.78 Å². The number of nitrogens with one attached hydrogen (secondary N) is 2. The van der Waals surface area contributed by atoms with E-state index < -0.39 is 6.61 Å². The third-order valence-electron chi connectivity index (χ3n) is 2.48. The molecule has 0 radical (unpaired) electrons. The number of hydrogen-bond donors (Lipinski definition) is 2. The maximum Gasteiger partial charge on any atom is 0.387 e. The summed E-state index contributed by atoms with van der Waals surface area (Å²) in [5.41, 5.74) is 0.382. The van der Waals surface area contributed by atoms with Crippen LogP contribution >= 0.6 is 11.6 Å². The van der Waals surface area contributed by atoms with Crippen molar-refractivity contribution in [3.63, 3.8) is 0 Å². The maximum absolute atomic E-state index is 12.3. The number of hydrogen-bond acceptors (Lipinski definition) is 4. The molecule has 0 bridgehead atoms. The summed E-state index contributed by atoms with van der Waals surface area (Å²) in [6, 6.07) is 4.25. The van der Waals surface area contributed by atoms with Crippen LogP contribution in [0.2, 0.25) is 5.02 Å². The van der Waals surface area contributed by atoms with Crippen LogP contribution in [0.25, 0.3) is 0 Å². The van der Waals surface area contributed by atoms with Crippen LogP contribution in [0.4, 0.5) is 8.78 Å². The van der Waals surface area contributed by atoms with Gasteiger partial charge in [0.25, 0.3) is 0 Å². The number of rotatable bonds is 9. The third kappa shape index (κ3) is 7.22. The van der Waals surface area contributed by atoms with E-state index in [2.05, 4.69) is 15.4 Å². The van der Waals surface area contributed by atoms with Crippen molar-refractivity contribution in [3.8, 4) is 5.75 Å². The summed E-state index contributed by atoms with van der Waals surface area (Å²) in [5, 5.41) is 5.83. The van der Waals surface area contributed by atoms with Gasteiger partial charge in [0.2, 0.25) is 5.91 Å². The molecule has 1 rings (SSSR count). The zero-order valence-corrected chi connectivity index (χ0v) is 12.3. The predicted octanol–water partition coefficient (Wildman–Crippen LogP) is 1.79. The number of carbonyl (C=O) groups excluding carboxylic acids is 1. The molecule has 8 heteroatoms. The van der Waals surface area contributed by atoms with Crippen molar-refractivity contribution in [3.05, 3.63) is 28.8 Å². The second-order valence-electron chi connectivity index (χ2n) is 4.08. The lowest BCUT2D eigenvalue weighted by Gasteiger charge is -2.12. The Labute approximate surface area is 126 Å². The first-order chi connectivity index (χ1) is 10.0. The van der Waals surface area contributed by atoms with Crippen LogP contribution in [0.15, 0.2) is 18.2 Å². The fourth-order valence-electron chi connectivity index (χ4n) is 1.53. The van der Waals surface area contributed by atoms with Crippen molar-refractivity contribution < 1.29 is 23.0 Å². The number of ether oxygens (including phenoxy) is 2. The van der Waals surface area contributed by atoms with Gasteiger partial charge >= 0.3 is 6.61 Å². The molecule has 0 aliphatic heterocycles. The van der Waals surface area contributed by atoms with Crippen LogP contribution in [0.3, 0.4) is 0 Å². The van der Waals surface area contributed by atoms with Gasteiger partial charge in [0, 0.05) is 30.8 Å². The molecule has 0 saturated carbocycles. The van der Waals surface area contributed by atoms with E-state index in [0.717, 1.165) is 0 Å². The highest BCUT2D eigenvalue weighted by molar-refractivity contribution is 6.30. The van der Waals surface area contributed by atoms with Crippen LogP contribution < -0.4 is 15.4 Å². The van der Waals surface area contributed by atoms with Crippen molar-refractivity contribution in [2.75, 3.05) is 26.8 Å². The van der Waals surface area contributed by atoms with E-state index in [1.54, 1.807) is 7.11 Å². The van der Waals surface area contributed by atoms with Crippen LogP contribution in [-0.2, 0) is 16.1 Å². The first kappa shape index (κ1) is 17.6. The third-order valence-corrected chi connectivity index (χ3v) is 2.72. The molecular weight excluding hydrogens is 306 g/mol. The summed E-state index contributed by atoms with van der Waals surface area (Å²) in [4.78, 5) is 11.6. The molecule has 0 spiro atoms. The highest BCUT2D eigenvalue weighted by atomic mass is 35.5. The molecule has 0 aliphatic rings. The summed E-state index contributed by atoms with van der Waals surface area (Å²) in [6.45, 7) is -1.74. The number of halogens is 3. The Morgan fingerprint density at radius 2 is 2.19 bits per heavy atom. The van der Waals surface area contributed by atoms with Crippen LogP contribution in [-0.4, -0.2) is 39.3 Å². The van der Waals surface area contributed by atoms with Crippen molar-refractivity contribution in [1.29, 1.82) is 0 Å². The number of amides is 1. The Bertz CT molecular complexity index is 461. The molecule has 0 unspecified atom stereocenters. The van der Waals surface area contributed by atoms with E-state index >= 15 is 0 Å². The Morgan fingerprint density at radius 1 is 1.43 bits per heavy atom. The zero-order valence-electron chi connectivity index (χ0n) is 11.5. The fraction of sp³-hybridized carbons (Fsp3) is 0.462. The highest BCUT2D eigenvalue weighted by Crippen LogP contribution is 2.24. The Hall–Kier alpha value is -1.44. The van der Waals surface area contributed by atoms with Gasteiger partial charge in [-0.3, -0.25) is 4.79 Å². The summed E-state index contributed by atoms with van der Waals surface area (Å²) >= 11 is 5.81. The first-order valence-electron chi connectivity index (χ1n) is 6.22. The topological polar surface area (TPSA) is 59.6 Å². The zero-order chi connectivity index (χ0) is 15.7. The molecule has 1 aromatic rings. The molecule has 0 aliphatic carbocycles. The maximum atomic E-state index is 12.3. The SMILES string of the molecule is COCCNCC(=O)NCc1cc(Cl)ccc1OC(F)F. The van der Waals surface area contributed by atoms with Gasteiger partial charge in [-0.25, -0.2) is 0 Å². The van der Waals surface area contributed by atoms with Gasteiger partial charge in [-0.05, 0) is 18.2 Å². The predicted molar refractivity (Wildman–Crippen MR) is 74.7 cm³/mol. The van der Waals surface area contributed by atoms with Gasteiger partial charge in [-0.1, -0.05) is 11.6 Å². The molecule has 1 aromatic carbocycles. The molecule has 5 nitrogen and oxygen atoms in total. The van der Waals surface area contributed by atoms with Gasteiger partial charge in [0.15, 0.2) is 0 Å². The smallest absolute Gasteiger partial charge is 0.387 e. The monoisotopic (exact) mass is 322 g/mol. The average Bonchev–Trinajstić information content (AvgIpc) is 2.43. The number of methoxy groups -OCH3 is 1. The van der Waals surface area contributed by atoms with Crippen LogP contribution in [0, 0.1) is 0 Å². The van der Waals surface area contributed by atoms with E-state index in [0.29, 0.717) is 23.7 Å².